The van der Waals surface area contributed by atoms with Gasteiger partial charge in [-0.25, -0.2) is 9.78 Å². The third kappa shape index (κ3) is 2.39. The van der Waals surface area contributed by atoms with Crippen LogP contribution >= 0.6 is 12.4 Å². The molecule has 0 fully saturated rings. The van der Waals surface area contributed by atoms with Crippen molar-refractivity contribution in [2.24, 2.45) is 0 Å². The van der Waals surface area contributed by atoms with Gasteiger partial charge in [-0.3, -0.25) is 0 Å². The average molecular weight is 273 g/mol. The molecule has 2 N–H and O–H groups in total. The molecule has 0 aliphatic heterocycles. The number of aromatic carboxylic acids is 1. The van der Waals surface area contributed by atoms with Gasteiger partial charge in [0, 0.05) is 7.11 Å². The highest BCUT2D eigenvalue weighted by Gasteiger charge is 2.16. The number of benzene rings is 1. The van der Waals surface area contributed by atoms with Crippen molar-refractivity contribution in [1.29, 1.82) is 0 Å². The van der Waals surface area contributed by atoms with Crippen LogP contribution in [0.15, 0.2) is 12.1 Å². The third-order valence-corrected chi connectivity index (χ3v) is 2.39. The Balaban J connectivity index is 0.00000162. The minimum Gasteiger partial charge on any atom is -0.494 e. The molecule has 0 amide bonds. The zero-order valence-electron chi connectivity index (χ0n) is 9.89. The summed E-state index contributed by atoms with van der Waals surface area (Å²) < 4.78 is 10.1. The van der Waals surface area contributed by atoms with Crippen LogP contribution in [0.5, 0.6) is 5.75 Å². The summed E-state index contributed by atoms with van der Waals surface area (Å²) in [4.78, 5) is 18.2. The molecule has 1 aromatic heterocycles. The summed E-state index contributed by atoms with van der Waals surface area (Å²) >= 11 is 0. The number of fused-ring (bicyclic) bond motifs is 1. The quantitative estimate of drug-likeness (QED) is 0.887. The minimum atomic E-state index is -1.01. The van der Waals surface area contributed by atoms with E-state index in [4.69, 9.17) is 14.6 Å². The van der Waals surface area contributed by atoms with Crippen LogP contribution in [0.3, 0.4) is 0 Å². The normalized spacial score (nSPS) is 10.1. The van der Waals surface area contributed by atoms with Crippen LogP contribution in [0.2, 0.25) is 0 Å². The zero-order chi connectivity index (χ0) is 12.4. The van der Waals surface area contributed by atoms with Gasteiger partial charge in [0.1, 0.15) is 23.7 Å². The Morgan fingerprint density at radius 2 is 2.17 bits per heavy atom. The van der Waals surface area contributed by atoms with E-state index in [0.717, 1.165) is 0 Å². The van der Waals surface area contributed by atoms with Crippen LogP contribution in [0.1, 0.15) is 16.2 Å². The Morgan fingerprint density at radius 3 is 2.72 bits per heavy atom. The molecule has 0 aliphatic rings. The number of H-pyrrole nitrogens is 1. The molecule has 2 rings (SSSR count). The topological polar surface area (TPSA) is 84.4 Å². The number of halogens is 1. The highest BCUT2D eigenvalue weighted by Crippen LogP contribution is 2.26. The van der Waals surface area contributed by atoms with Crippen LogP contribution < -0.4 is 4.74 Å². The van der Waals surface area contributed by atoms with Gasteiger partial charge in [0.05, 0.1) is 18.2 Å². The van der Waals surface area contributed by atoms with Gasteiger partial charge in [-0.15, -0.1) is 12.4 Å². The molecule has 98 valence electrons. The molecule has 6 nitrogen and oxygen atoms in total. The maximum absolute atomic E-state index is 11.1. The number of nitrogens with one attached hydrogen (secondary N) is 1. The molecule has 0 saturated carbocycles. The molecule has 0 saturated heterocycles. The van der Waals surface area contributed by atoms with Gasteiger partial charge < -0.3 is 19.6 Å². The number of methoxy groups -OCH3 is 2. The van der Waals surface area contributed by atoms with Crippen molar-refractivity contribution in [1.82, 2.24) is 9.97 Å². The van der Waals surface area contributed by atoms with Crippen molar-refractivity contribution in [3.63, 3.8) is 0 Å². The molecular weight excluding hydrogens is 260 g/mol. The predicted octanol–water partition coefficient (Wildman–Crippen LogP) is 1.84. The summed E-state index contributed by atoms with van der Waals surface area (Å²) in [6.07, 6.45) is 0. The molecule has 18 heavy (non-hydrogen) atoms. The first-order valence-corrected chi connectivity index (χ1v) is 4.95. The van der Waals surface area contributed by atoms with Crippen molar-refractivity contribution in [3.05, 3.63) is 23.5 Å². The van der Waals surface area contributed by atoms with Crippen molar-refractivity contribution in [3.8, 4) is 5.75 Å². The number of imidazole rings is 1. The SMILES string of the molecule is COCc1nc2c(OC)ccc(C(=O)O)c2[nH]1.Cl. The predicted molar refractivity (Wildman–Crippen MR) is 67.6 cm³/mol. The molecule has 0 spiro atoms. The standard InChI is InChI=1S/C11H12N2O4.ClH/c1-16-5-8-12-9-6(11(14)15)3-4-7(17-2)10(9)13-8;/h3-4H,5H2,1-2H3,(H,12,13)(H,14,15);1H. The summed E-state index contributed by atoms with van der Waals surface area (Å²) in [7, 11) is 3.06. The zero-order valence-corrected chi connectivity index (χ0v) is 10.7. The van der Waals surface area contributed by atoms with Crippen LogP contribution in [-0.2, 0) is 11.3 Å². The van der Waals surface area contributed by atoms with Gasteiger partial charge in [0.2, 0.25) is 0 Å². The second kappa shape index (κ2) is 5.70. The second-order valence-corrected chi connectivity index (χ2v) is 3.46. The van der Waals surface area contributed by atoms with Gasteiger partial charge in [0.15, 0.2) is 0 Å². The largest absolute Gasteiger partial charge is 0.494 e. The first-order valence-electron chi connectivity index (χ1n) is 4.95. The molecule has 7 heteroatoms. The van der Waals surface area contributed by atoms with Crippen LogP contribution in [0.4, 0.5) is 0 Å². The molecule has 0 unspecified atom stereocenters. The van der Waals surface area contributed by atoms with E-state index in [-0.39, 0.29) is 24.6 Å². The number of aromatic nitrogens is 2. The van der Waals surface area contributed by atoms with E-state index in [1.54, 1.807) is 13.2 Å². The van der Waals surface area contributed by atoms with Gasteiger partial charge in [0.25, 0.3) is 0 Å². The number of ether oxygens (including phenoxy) is 2. The number of aromatic amines is 1. The lowest BCUT2D eigenvalue weighted by atomic mass is 10.2. The van der Waals surface area contributed by atoms with Crippen LogP contribution in [-0.4, -0.2) is 35.3 Å². The third-order valence-electron chi connectivity index (χ3n) is 2.39. The van der Waals surface area contributed by atoms with E-state index in [9.17, 15) is 4.79 Å². The lowest BCUT2D eigenvalue weighted by molar-refractivity contribution is 0.0699. The average Bonchev–Trinajstić information content (AvgIpc) is 2.71. The maximum Gasteiger partial charge on any atom is 0.337 e. The smallest absolute Gasteiger partial charge is 0.337 e. The van der Waals surface area contributed by atoms with Gasteiger partial charge in [-0.1, -0.05) is 0 Å². The van der Waals surface area contributed by atoms with Gasteiger partial charge >= 0.3 is 5.97 Å². The Kier molecular flexibility index (Phi) is 4.52. The van der Waals surface area contributed by atoms with E-state index in [1.807, 2.05) is 0 Å². The lowest BCUT2D eigenvalue weighted by Gasteiger charge is -2.01. The molecule has 2 aromatic rings. The fraction of sp³-hybridized carbons (Fsp3) is 0.273. The number of hydrogen-bond acceptors (Lipinski definition) is 4. The van der Waals surface area contributed by atoms with E-state index in [0.29, 0.717) is 22.6 Å². The summed E-state index contributed by atoms with van der Waals surface area (Å²) in [5.41, 5.74) is 1.11. The van der Waals surface area contributed by atoms with E-state index < -0.39 is 5.97 Å². The summed E-state index contributed by atoms with van der Waals surface area (Å²) in [5.74, 6) is 0.0865. The van der Waals surface area contributed by atoms with Crippen LogP contribution in [0, 0.1) is 0 Å². The molecular formula is C11H13ClN2O4. The van der Waals surface area contributed by atoms with Crippen molar-refractivity contribution in [2.45, 2.75) is 6.61 Å². The second-order valence-electron chi connectivity index (χ2n) is 3.46. The van der Waals surface area contributed by atoms with Crippen molar-refractivity contribution in [2.75, 3.05) is 14.2 Å². The first kappa shape index (κ1) is 14.3. The highest BCUT2D eigenvalue weighted by atomic mass is 35.5. The van der Waals surface area contributed by atoms with E-state index in [1.165, 1.54) is 13.2 Å². The van der Waals surface area contributed by atoms with Crippen molar-refractivity contribution >= 4 is 29.4 Å². The molecule has 0 bridgehead atoms. The monoisotopic (exact) mass is 272 g/mol. The van der Waals surface area contributed by atoms with E-state index >= 15 is 0 Å². The summed E-state index contributed by atoms with van der Waals surface area (Å²) in [6.45, 7) is 0.289. The number of rotatable bonds is 4. The highest BCUT2D eigenvalue weighted by molar-refractivity contribution is 6.02. The number of hydrogen-bond donors (Lipinski definition) is 2. The summed E-state index contributed by atoms with van der Waals surface area (Å²) in [6, 6.07) is 3.07. The summed E-state index contributed by atoms with van der Waals surface area (Å²) in [5, 5.41) is 9.07. The Bertz CT molecular complexity index is 567. The fourth-order valence-corrected chi connectivity index (χ4v) is 1.66. The van der Waals surface area contributed by atoms with Gasteiger partial charge in [-0.2, -0.15) is 0 Å². The Morgan fingerprint density at radius 1 is 1.44 bits per heavy atom. The molecule has 0 aliphatic carbocycles. The van der Waals surface area contributed by atoms with Gasteiger partial charge in [-0.05, 0) is 12.1 Å². The van der Waals surface area contributed by atoms with E-state index in [2.05, 4.69) is 9.97 Å². The van der Waals surface area contributed by atoms with Crippen molar-refractivity contribution < 1.29 is 19.4 Å². The fourth-order valence-electron chi connectivity index (χ4n) is 1.66. The maximum atomic E-state index is 11.1. The number of carbonyl (C=O) groups is 1. The minimum absolute atomic E-state index is 0. The molecule has 0 atom stereocenters. The first-order chi connectivity index (χ1) is 8.17. The lowest BCUT2D eigenvalue weighted by Crippen LogP contribution is -1.98. The molecule has 0 radical (unpaired) electrons. The Hall–Kier alpha value is -1.79. The van der Waals surface area contributed by atoms with Crippen LogP contribution in [0.25, 0.3) is 11.0 Å². The Labute approximate surface area is 109 Å². The molecule has 1 heterocycles. The number of carboxylic acids is 1. The number of carboxylic acid groups (broad SMARTS) is 1. The molecule has 1 aromatic carbocycles. The number of nitrogens with zero attached hydrogens (tertiary/aromatic N) is 1.